The molecule has 0 fully saturated rings. The van der Waals surface area contributed by atoms with Gasteiger partial charge in [0.15, 0.2) is 0 Å². The summed E-state index contributed by atoms with van der Waals surface area (Å²) in [6.07, 6.45) is 1.83. The maximum absolute atomic E-state index is 12.1. The predicted octanol–water partition coefficient (Wildman–Crippen LogP) is 2.18. The summed E-state index contributed by atoms with van der Waals surface area (Å²) in [6.45, 7) is 3.43. The van der Waals surface area contributed by atoms with E-state index in [1.807, 2.05) is 0 Å². The molecule has 1 aromatic rings. The lowest BCUT2D eigenvalue weighted by Gasteiger charge is -2.08. The first-order valence-corrected chi connectivity index (χ1v) is 8.31. The smallest absolute Gasteiger partial charge is 0.362 e. The van der Waals surface area contributed by atoms with E-state index in [0.29, 0.717) is 5.75 Å². The number of hydrogen-bond donors (Lipinski definition) is 2. The Bertz CT molecular complexity index is 542. The molecule has 0 bridgehead atoms. The molecule has 22 heavy (non-hydrogen) atoms. The molecule has 1 aromatic heterocycles. The largest absolute Gasteiger partial charge is 0.473 e. The van der Waals surface area contributed by atoms with E-state index in [-0.39, 0.29) is 24.0 Å². The van der Waals surface area contributed by atoms with Crippen LogP contribution in [0.5, 0.6) is 5.88 Å². The molecule has 0 aliphatic heterocycles. The van der Waals surface area contributed by atoms with E-state index < -0.39 is 16.5 Å². The molecule has 1 heterocycles. The highest BCUT2D eigenvalue weighted by atomic mass is 32.2. The Balaban J connectivity index is 2.91. The van der Waals surface area contributed by atoms with Crippen molar-refractivity contribution in [2.24, 2.45) is 0 Å². The molecule has 0 radical (unpaired) electrons. The van der Waals surface area contributed by atoms with Gasteiger partial charge in [-0.1, -0.05) is 11.9 Å². The molecule has 0 spiro atoms. The van der Waals surface area contributed by atoms with Crippen LogP contribution >= 0.6 is 24.6 Å². The molecule has 0 atom stereocenters. The Hall–Kier alpha value is -1.55. The minimum absolute atomic E-state index is 0.190. The van der Waals surface area contributed by atoms with Gasteiger partial charge in [0.1, 0.15) is 5.82 Å². The molecule has 8 nitrogen and oxygen atoms in total. The molecular formula is C12H18N4O4S2. The summed E-state index contributed by atoms with van der Waals surface area (Å²) >= 11 is 5.28. The summed E-state index contributed by atoms with van der Waals surface area (Å²) in [5, 5.41) is 11.2. The summed E-state index contributed by atoms with van der Waals surface area (Å²) in [5.74, 6) is 0.893. The highest BCUT2D eigenvalue weighted by molar-refractivity contribution is 7.97. The number of ether oxygens (including phenoxy) is 1. The number of amides is 1. The van der Waals surface area contributed by atoms with Crippen LogP contribution in [0.15, 0.2) is 0 Å². The first-order chi connectivity index (χ1) is 10.5. The summed E-state index contributed by atoms with van der Waals surface area (Å²) in [7, 11) is 0. The van der Waals surface area contributed by atoms with Crippen LogP contribution in [0.3, 0.4) is 0 Å². The number of aryl methyl sites for hydroxylation is 1. The normalized spacial score (nSPS) is 10.3. The Morgan fingerprint density at radius 2 is 2.18 bits per heavy atom. The van der Waals surface area contributed by atoms with Gasteiger partial charge in [-0.25, -0.2) is 4.98 Å². The van der Waals surface area contributed by atoms with Crippen molar-refractivity contribution in [3.05, 3.63) is 21.6 Å². The minimum Gasteiger partial charge on any atom is -0.473 e. The van der Waals surface area contributed by atoms with Gasteiger partial charge in [0.25, 0.3) is 11.8 Å². The van der Waals surface area contributed by atoms with Gasteiger partial charge in [-0.05, 0) is 32.4 Å². The number of hydrogen-bond acceptors (Lipinski definition) is 8. The molecular weight excluding hydrogens is 328 g/mol. The maximum Gasteiger partial charge on any atom is 0.362 e. The zero-order chi connectivity index (χ0) is 16.5. The zero-order valence-electron chi connectivity index (χ0n) is 12.4. The van der Waals surface area contributed by atoms with Gasteiger partial charge in [0, 0.05) is 5.75 Å². The molecule has 0 saturated carbocycles. The third kappa shape index (κ3) is 5.34. The van der Waals surface area contributed by atoms with Crippen molar-refractivity contribution in [1.82, 2.24) is 14.7 Å². The number of nitrogens with one attached hydrogen (secondary N) is 1. The number of unbranched alkanes of at least 4 members (excludes halogenated alkanes) is 1. The fourth-order valence-electron chi connectivity index (χ4n) is 1.55. The molecule has 1 rings (SSSR count). The third-order valence-corrected chi connectivity index (χ3v) is 3.60. The summed E-state index contributed by atoms with van der Waals surface area (Å²) < 4.78 is 7.69. The lowest BCUT2D eigenvalue weighted by Crippen LogP contribution is -2.21. The Morgan fingerprint density at radius 3 is 2.77 bits per heavy atom. The van der Waals surface area contributed by atoms with Gasteiger partial charge in [-0.2, -0.15) is 17.6 Å². The second kappa shape index (κ2) is 9.46. The van der Waals surface area contributed by atoms with E-state index >= 15 is 0 Å². The molecule has 0 aliphatic carbocycles. The first-order valence-electron chi connectivity index (χ1n) is 6.70. The summed E-state index contributed by atoms with van der Waals surface area (Å²) in [4.78, 5) is 30.4. The van der Waals surface area contributed by atoms with Gasteiger partial charge in [-0.3, -0.25) is 19.6 Å². The van der Waals surface area contributed by atoms with E-state index in [9.17, 15) is 14.9 Å². The van der Waals surface area contributed by atoms with Crippen molar-refractivity contribution in [2.45, 2.75) is 26.7 Å². The quantitative estimate of drug-likeness (QED) is 0.232. The standard InChI is InChI=1S/C12H18N4O4S2/c1-3-20-12-10(16(18)19)9(13-8(2)14-12)11(17)15-22-7-5-4-6-21/h21H,3-7H2,1-2H3,(H,15,17). The van der Waals surface area contributed by atoms with Crippen molar-refractivity contribution in [1.29, 1.82) is 0 Å². The van der Waals surface area contributed by atoms with Crippen molar-refractivity contribution in [3.63, 3.8) is 0 Å². The van der Waals surface area contributed by atoms with E-state index in [1.54, 1.807) is 13.8 Å². The van der Waals surface area contributed by atoms with E-state index in [4.69, 9.17) is 4.74 Å². The number of nitrogens with zero attached hydrogens (tertiary/aromatic N) is 3. The number of rotatable bonds is 9. The molecule has 122 valence electrons. The highest BCUT2D eigenvalue weighted by Gasteiger charge is 2.29. The fourth-order valence-corrected chi connectivity index (χ4v) is 2.45. The maximum atomic E-state index is 12.1. The van der Waals surface area contributed by atoms with Crippen LogP contribution in [-0.2, 0) is 0 Å². The molecule has 1 amide bonds. The monoisotopic (exact) mass is 346 g/mol. The van der Waals surface area contributed by atoms with Crippen LogP contribution < -0.4 is 9.46 Å². The average Bonchev–Trinajstić information content (AvgIpc) is 2.46. The second-order valence-electron chi connectivity index (χ2n) is 4.17. The van der Waals surface area contributed by atoms with Crippen molar-refractivity contribution in [3.8, 4) is 5.88 Å². The van der Waals surface area contributed by atoms with E-state index in [2.05, 4.69) is 27.3 Å². The molecule has 0 unspecified atom stereocenters. The predicted molar refractivity (Wildman–Crippen MR) is 87.6 cm³/mol. The molecule has 0 aliphatic rings. The Kier molecular flexibility index (Phi) is 7.96. The van der Waals surface area contributed by atoms with Crippen LogP contribution in [0.25, 0.3) is 0 Å². The SMILES string of the molecule is CCOc1nc(C)nc(C(=O)NSCCCCS)c1[N+](=O)[O-]. The minimum atomic E-state index is -0.703. The fraction of sp³-hybridized carbons (Fsp3) is 0.583. The van der Waals surface area contributed by atoms with Crippen LogP contribution in [0.4, 0.5) is 5.69 Å². The lowest BCUT2D eigenvalue weighted by atomic mass is 10.3. The molecule has 0 saturated heterocycles. The number of thiol groups is 1. The second-order valence-corrected chi connectivity index (χ2v) is 5.52. The van der Waals surface area contributed by atoms with E-state index in [1.165, 1.54) is 11.9 Å². The third-order valence-electron chi connectivity index (χ3n) is 2.46. The van der Waals surface area contributed by atoms with Gasteiger partial charge >= 0.3 is 5.69 Å². The molecule has 0 aromatic carbocycles. The Morgan fingerprint density at radius 1 is 1.45 bits per heavy atom. The van der Waals surface area contributed by atoms with Crippen molar-refractivity contribution in [2.75, 3.05) is 18.1 Å². The highest BCUT2D eigenvalue weighted by Crippen LogP contribution is 2.28. The van der Waals surface area contributed by atoms with Crippen molar-refractivity contribution >= 4 is 36.2 Å². The Labute approximate surface area is 138 Å². The van der Waals surface area contributed by atoms with Gasteiger partial charge in [-0.15, -0.1) is 0 Å². The van der Waals surface area contributed by atoms with Gasteiger partial charge in [0.05, 0.1) is 11.5 Å². The number of carbonyl (C=O) groups is 1. The van der Waals surface area contributed by atoms with E-state index in [0.717, 1.165) is 18.6 Å². The number of nitro groups is 1. The van der Waals surface area contributed by atoms with Crippen molar-refractivity contribution < 1.29 is 14.5 Å². The summed E-state index contributed by atoms with van der Waals surface area (Å²) in [5.41, 5.74) is -0.802. The zero-order valence-corrected chi connectivity index (χ0v) is 14.1. The first kappa shape index (κ1) is 18.5. The summed E-state index contributed by atoms with van der Waals surface area (Å²) in [6, 6.07) is 0. The van der Waals surface area contributed by atoms with Gasteiger partial charge in [0.2, 0.25) is 5.69 Å². The lowest BCUT2D eigenvalue weighted by molar-refractivity contribution is -0.386. The number of aromatic nitrogens is 2. The van der Waals surface area contributed by atoms with Crippen LogP contribution in [0, 0.1) is 17.0 Å². The molecule has 10 heteroatoms. The topological polar surface area (TPSA) is 107 Å². The average molecular weight is 346 g/mol. The van der Waals surface area contributed by atoms with Crippen LogP contribution in [-0.4, -0.2) is 38.9 Å². The number of carbonyl (C=O) groups excluding carboxylic acids is 1. The molecule has 1 N–H and O–H groups in total. The van der Waals surface area contributed by atoms with Crippen LogP contribution in [0.2, 0.25) is 0 Å². The van der Waals surface area contributed by atoms with Crippen LogP contribution in [0.1, 0.15) is 36.1 Å². The van der Waals surface area contributed by atoms with Gasteiger partial charge < -0.3 is 4.74 Å².